The van der Waals surface area contributed by atoms with Crippen molar-refractivity contribution in [2.75, 3.05) is 40.4 Å². The number of methoxy groups -OCH3 is 2. The van der Waals surface area contributed by atoms with Crippen LogP contribution in [0.15, 0.2) is 35.5 Å². The third kappa shape index (κ3) is 4.14. The van der Waals surface area contributed by atoms with Gasteiger partial charge in [0.05, 0.1) is 32.3 Å². The number of sulfonamides is 1. The van der Waals surface area contributed by atoms with Crippen molar-refractivity contribution in [3.63, 3.8) is 0 Å². The van der Waals surface area contributed by atoms with E-state index < -0.39 is 10.0 Å². The van der Waals surface area contributed by atoms with Crippen molar-refractivity contribution in [1.29, 1.82) is 0 Å². The fourth-order valence-electron chi connectivity index (χ4n) is 4.54. The zero-order valence-corrected chi connectivity index (χ0v) is 19.1. The first-order valence-corrected chi connectivity index (χ1v) is 12.4. The summed E-state index contributed by atoms with van der Waals surface area (Å²) in [5, 5.41) is 0. The molecule has 0 N–H and O–H groups in total. The molecule has 0 amide bonds. The molecule has 1 saturated carbocycles. The Bertz CT molecular complexity index is 1070. The molecule has 9 nitrogen and oxygen atoms in total. The quantitative estimate of drug-likeness (QED) is 0.619. The molecule has 3 aliphatic rings. The summed E-state index contributed by atoms with van der Waals surface area (Å²) >= 11 is 0. The van der Waals surface area contributed by atoms with Crippen molar-refractivity contribution in [3.8, 4) is 17.4 Å². The molecule has 2 saturated heterocycles. The van der Waals surface area contributed by atoms with Crippen molar-refractivity contribution in [2.24, 2.45) is 0 Å². The van der Waals surface area contributed by atoms with E-state index >= 15 is 0 Å². The predicted molar refractivity (Wildman–Crippen MR) is 117 cm³/mol. The minimum Gasteiger partial charge on any atom is -0.497 e. The number of aromatic nitrogens is 2. The molecule has 10 heteroatoms. The second kappa shape index (κ2) is 8.49. The van der Waals surface area contributed by atoms with Gasteiger partial charge >= 0.3 is 0 Å². The number of hydrogen-bond acceptors (Lipinski definition) is 8. The molecule has 172 valence electrons. The molecule has 32 heavy (non-hydrogen) atoms. The smallest absolute Gasteiger partial charge is 0.246 e. The minimum absolute atomic E-state index is 0.0323. The summed E-state index contributed by atoms with van der Waals surface area (Å²) in [5.74, 6) is 1.89. The molecule has 0 unspecified atom stereocenters. The molecule has 0 radical (unpaired) electrons. The Kier molecular flexibility index (Phi) is 5.68. The number of nitrogens with zero attached hydrogens (tertiary/aromatic N) is 4. The highest BCUT2D eigenvalue weighted by atomic mass is 32.2. The van der Waals surface area contributed by atoms with Crippen molar-refractivity contribution >= 4 is 10.0 Å². The van der Waals surface area contributed by atoms with E-state index in [4.69, 9.17) is 14.2 Å². The third-order valence-electron chi connectivity index (χ3n) is 6.46. The maximum atomic E-state index is 13.4. The largest absolute Gasteiger partial charge is 0.497 e. The lowest BCUT2D eigenvalue weighted by Crippen LogP contribution is -2.51. The van der Waals surface area contributed by atoms with Gasteiger partial charge in [-0.25, -0.2) is 13.4 Å². The predicted octanol–water partition coefficient (Wildman–Crippen LogP) is 1.90. The van der Waals surface area contributed by atoms with Gasteiger partial charge in [0.25, 0.3) is 0 Å². The summed E-state index contributed by atoms with van der Waals surface area (Å²) in [6.45, 7) is 2.24. The Balaban J connectivity index is 1.26. The molecule has 2 aliphatic heterocycles. The Morgan fingerprint density at radius 2 is 1.88 bits per heavy atom. The normalized spacial score (nSPS) is 24.2. The van der Waals surface area contributed by atoms with Gasteiger partial charge in [0.15, 0.2) is 0 Å². The lowest BCUT2D eigenvalue weighted by atomic mass is 10.2. The number of ether oxygens (including phenoxy) is 3. The van der Waals surface area contributed by atoms with Gasteiger partial charge in [0.1, 0.15) is 22.5 Å². The van der Waals surface area contributed by atoms with Crippen LogP contribution < -0.4 is 14.2 Å². The second-order valence-electron chi connectivity index (χ2n) is 8.56. The molecule has 2 atom stereocenters. The maximum absolute atomic E-state index is 13.4. The number of hydrogen-bond donors (Lipinski definition) is 0. The Labute approximate surface area is 188 Å². The van der Waals surface area contributed by atoms with E-state index in [2.05, 4.69) is 14.9 Å². The SMILES string of the molecule is COc1ccc(OC)c(S(=O)(=O)N2CCN3C[C@H](Oc4cnc(C5CC5)cn4)C[C@H]3C2)c1. The van der Waals surface area contributed by atoms with Crippen LogP contribution in [-0.2, 0) is 10.0 Å². The molecular weight excluding hydrogens is 432 g/mol. The van der Waals surface area contributed by atoms with Crippen LogP contribution in [-0.4, -0.2) is 80.1 Å². The van der Waals surface area contributed by atoms with Crippen LogP contribution in [0.5, 0.6) is 17.4 Å². The van der Waals surface area contributed by atoms with Gasteiger partial charge in [0.2, 0.25) is 15.9 Å². The summed E-state index contributed by atoms with van der Waals surface area (Å²) in [6.07, 6.45) is 6.61. The molecular formula is C22H28N4O5S. The van der Waals surface area contributed by atoms with Crippen LogP contribution in [0.4, 0.5) is 0 Å². The van der Waals surface area contributed by atoms with Gasteiger partial charge in [-0.3, -0.25) is 9.88 Å². The Morgan fingerprint density at radius 1 is 1.03 bits per heavy atom. The highest BCUT2D eigenvalue weighted by molar-refractivity contribution is 7.89. The van der Waals surface area contributed by atoms with Crippen LogP contribution in [0.3, 0.4) is 0 Å². The first-order chi connectivity index (χ1) is 15.5. The van der Waals surface area contributed by atoms with Crippen molar-refractivity contribution < 1.29 is 22.6 Å². The number of piperazine rings is 1. The van der Waals surface area contributed by atoms with Crippen LogP contribution in [0.25, 0.3) is 0 Å². The second-order valence-corrected chi connectivity index (χ2v) is 10.5. The molecule has 0 spiro atoms. The lowest BCUT2D eigenvalue weighted by Gasteiger charge is -2.36. The first kappa shape index (κ1) is 21.4. The van der Waals surface area contributed by atoms with Crippen LogP contribution in [0.2, 0.25) is 0 Å². The van der Waals surface area contributed by atoms with E-state index in [9.17, 15) is 8.42 Å². The molecule has 3 heterocycles. The van der Waals surface area contributed by atoms with E-state index in [1.165, 1.54) is 37.4 Å². The van der Waals surface area contributed by atoms with Gasteiger partial charge < -0.3 is 14.2 Å². The monoisotopic (exact) mass is 460 g/mol. The maximum Gasteiger partial charge on any atom is 0.246 e. The van der Waals surface area contributed by atoms with Crippen LogP contribution in [0, 0.1) is 0 Å². The van der Waals surface area contributed by atoms with E-state index in [0.717, 1.165) is 18.7 Å². The first-order valence-electron chi connectivity index (χ1n) is 10.9. The number of fused-ring (bicyclic) bond motifs is 1. The Morgan fingerprint density at radius 3 is 2.56 bits per heavy atom. The average Bonchev–Trinajstić information content (AvgIpc) is 3.58. The highest BCUT2D eigenvalue weighted by Crippen LogP contribution is 2.39. The van der Waals surface area contributed by atoms with E-state index in [1.54, 1.807) is 18.3 Å². The van der Waals surface area contributed by atoms with Gasteiger partial charge in [-0.05, 0) is 25.0 Å². The fraction of sp³-hybridized carbons (Fsp3) is 0.545. The summed E-state index contributed by atoms with van der Waals surface area (Å²) in [6, 6.07) is 4.93. The zero-order valence-electron chi connectivity index (χ0n) is 18.3. The van der Waals surface area contributed by atoms with Crippen molar-refractivity contribution in [2.45, 2.75) is 42.2 Å². The average molecular weight is 461 g/mol. The fourth-order valence-corrected chi connectivity index (χ4v) is 6.18. The summed E-state index contributed by atoms with van der Waals surface area (Å²) in [4.78, 5) is 11.3. The summed E-state index contributed by atoms with van der Waals surface area (Å²) in [7, 11) is -0.738. The zero-order chi connectivity index (χ0) is 22.3. The van der Waals surface area contributed by atoms with E-state index in [0.29, 0.717) is 42.9 Å². The van der Waals surface area contributed by atoms with E-state index in [1.807, 2.05) is 6.20 Å². The molecule has 1 aromatic carbocycles. The lowest BCUT2D eigenvalue weighted by molar-refractivity contribution is 0.151. The summed E-state index contributed by atoms with van der Waals surface area (Å²) in [5.41, 5.74) is 1.04. The minimum atomic E-state index is -3.72. The molecule has 0 bridgehead atoms. The molecule has 1 aliphatic carbocycles. The van der Waals surface area contributed by atoms with Gasteiger partial charge in [0, 0.05) is 50.6 Å². The summed E-state index contributed by atoms with van der Waals surface area (Å²) < 4.78 is 45.0. The van der Waals surface area contributed by atoms with Gasteiger partial charge in [-0.15, -0.1) is 0 Å². The molecule has 3 fully saturated rings. The van der Waals surface area contributed by atoms with Gasteiger partial charge in [-0.1, -0.05) is 0 Å². The molecule has 5 rings (SSSR count). The standard InChI is InChI=1S/C22H28N4O5S/c1-29-17-5-6-20(30-2)21(10-17)32(27,28)26-8-7-25-14-18(9-16(25)13-26)31-22-12-23-19(11-24-22)15-3-4-15/h5-6,10-12,15-16,18H,3-4,7-9,13-14H2,1-2H3/t16-,18+/m0/s1. The number of benzene rings is 1. The Hall–Kier alpha value is -2.43. The third-order valence-corrected chi connectivity index (χ3v) is 8.35. The molecule has 2 aromatic rings. The topological polar surface area (TPSA) is 94.1 Å². The van der Waals surface area contributed by atoms with Crippen molar-refractivity contribution in [1.82, 2.24) is 19.2 Å². The molecule has 1 aromatic heterocycles. The number of rotatable bonds is 7. The highest BCUT2D eigenvalue weighted by Gasteiger charge is 2.41. The van der Waals surface area contributed by atoms with Gasteiger partial charge in [-0.2, -0.15) is 4.31 Å². The van der Waals surface area contributed by atoms with Crippen LogP contribution in [0.1, 0.15) is 30.9 Å². The van der Waals surface area contributed by atoms with E-state index in [-0.39, 0.29) is 17.0 Å². The van der Waals surface area contributed by atoms with Crippen molar-refractivity contribution in [3.05, 3.63) is 36.3 Å². The van der Waals surface area contributed by atoms with Crippen LogP contribution >= 0.6 is 0 Å².